The minimum atomic E-state index is -0.578. The van der Waals surface area contributed by atoms with Crippen molar-refractivity contribution in [3.63, 3.8) is 0 Å². The predicted molar refractivity (Wildman–Crippen MR) is 51.0 cm³/mol. The number of hydrogen-bond donors (Lipinski definition) is 0. The van der Waals surface area contributed by atoms with Crippen LogP contribution in [0.15, 0.2) is 24.3 Å². The van der Waals surface area contributed by atoms with Gasteiger partial charge in [0.2, 0.25) is 0 Å². The van der Waals surface area contributed by atoms with E-state index in [0.29, 0.717) is 5.69 Å². The Kier molecular flexibility index (Phi) is 2.30. The highest BCUT2D eigenvalue weighted by Gasteiger charge is 2.07. The lowest BCUT2D eigenvalue weighted by atomic mass is 10.1. The third kappa shape index (κ3) is 1.64. The molecule has 0 radical (unpaired) electrons. The van der Waals surface area contributed by atoms with Gasteiger partial charge in [-0.3, -0.25) is 0 Å². The van der Waals surface area contributed by atoms with Gasteiger partial charge in [0, 0.05) is 5.39 Å². The van der Waals surface area contributed by atoms with E-state index in [1.54, 1.807) is 0 Å². The van der Waals surface area contributed by atoms with Crippen LogP contribution in [0.25, 0.3) is 10.9 Å². The predicted octanol–water partition coefficient (Wildman–Crippen LogP) is 2.58. The molecular formula is C11H6F2N2. The van der Waals surface area contributed by atoms with Crippen molar-refractivity contribution in [1.29, 1.82) is 5.26 Å². The number of hydrogen-bond acceptors (Lipinski definition) is 2. The van der Waals surface area contributed by atoms with Crippen molar-refractivity contribution in [1.82, 2.24) is 4.98 Å². The highest BCUT2D eigenvalue weighted by Crippen LogP contribution is 2.19. The van der Waals surface area contributed by atoms with Gasteiger partial charge in [0.05, 0.1) is 18.2 Å². The van der Waals surface area contributed by atoms with Crippen LogP contribution in [-0.2, 0) is 6.42 Å². The van der Waals surface area contributed by atoms with Crippen LogP contribution in [0.1, 0.15) is 5.69 Å². The zero-order valence-corrected chi connectivity index (χ0v) is 7.67. The summed E-state index contributed by atoms with van der Waals surface area (Å²) in [4.78, 5) is 3.89. The van der Waals surface area contributed by atoms with E-state index in [1.165, 1.54) is 12.1 Å². The highest BCUT2D eigenvalue weighted by molar-refractivity contribution is 5.79. The number of rotatable bonds is 1. The molecule has 0 saturated heterocycles. The molecule has 4 heteroatoms. The van der Waals surface area contributed by atoms with Crippen LogP contribution >= 0.6 is 0 Å². The molecule has 0 aliphatic carbocycles. The summed E-state index contributed by atoms with van der Waals surface area (Å²) >= 11 is 0. The molecule has 0 fully saturated rings. The van der Waals surface area contributed by atoms with Crippen molar-refractivity contribution in [2.24, 2.45) is 0 Å². The smallest absolute Gasteiger partial charge is 0.149 e. The van der Waals surface area contributed by atoms with E-state index in [9.17, 15) is 8.78 Å². The van der Waals surface area contributed by atoms with Gasteiger partial charge in [-0.15, -0.1) is 0 Å². The summed E-state index contributed by atoms with van der Waals surface area (Å²) < 4.78 is 26.5. The van der Waals surface area contributed by atoms with Crippen molar-refractivity contribution in [2.75, 3.05) is 0 Å². The SMILES string of the molecule is N#CCc1ccc2c(F)ccc(F)c2n1. The Morgan fingerprint density at radius 1 is 1.13 bits per heavy atom. The molecule has 74 valence electrons. The molecular weight excluding hydrogens is 198 g/mol. The van der Waals surface area contributed by atoms with Crippen LogP contribution in [0.5, 0.6) is 0 Å². The topological polar surface area (TPSA) is 36.7 Å². The van der Waals surface area contributed by atoms with Crippen LogP contribution < -0.4 is 0 Å². The van der Waals surface area contributed by atoms with E-state index in [2.05, 4.69) is 4.98 Å². The Balaban J connectivity index is 2.71. The van der Waals surface area contributed by atoms with Crippen LogP contribution in [-0.4, -0.2) is 4.98 Å². The molecule has 0 unspecified atom stereocenters. The fourth-order valence-electron chi connectivity index (χ4n) is 1.37. The molecule has 1 aromatic heterocycles. The quantitative estimate of drug-likeness (QED) is 0.715. The van der Waals surface area contributed by atoms with Gasteiger partial charge >= 0.3 is 0 Å². The second-order valence-corrected chi connectivity index (χ2v) is 3.06. The van der Waals surface area contributed by atoms with E-state index in [1.807, 2.05) is 6.07 Å². The lowest BCUT2D eigenvalue weighted by Crippen LogP contribution is -1.93. The average Bonchev–Trinajstić information content (AvgIpc) is 2.24. The zero-order valence-electron chi connectivity index (χ0n) is 7.67. The van der Waals surface area contributed by atoms with Gasteiger partial charge in [0.25, 0.3) is 0 Å². The van der Waals surface area contributed by atoms with Crippen LogP contribution in [0.4, 0.5) is 8.78 Å². The van der Waals surface area contributed by atoms with Crippen molar-refractivity contribution >= 4 is 10.9 Å². The number of halogens is 2. The van der Waals surface area contributed by atoms with Crippen molar-refractivity contribution in [2.45, 2.75) is 6.42 Å². The molecule has 1 heterocycles. The molecule has 1 aromatic carbocycles. The average molecular weight is 204 g/mol. The third-order valence-corrected chi connectivity index (χ3v) is 2.07. The molecule has 0 amide bonds. The Hall–Kier alpha value is -2.02. The summed E-state index contributed by atoms with van der Waals surface area (Å²) in [6, 6.07) is 6.95. The standard InChI is InChI=1S/C11H6F2N2/c12-9-3-4-10(13)11-8(9)2-1-7(15-11)5-6-14/h1-4H,5H2. The van der Waals surface area contributed by atoms with Gasteiger partial charge < -0.3 is 0 Å². The maximum Gasteiger partial charge on any atom is 0.149 e. The van der Waals surface area contributed by atoms with Gasteiger partial charge in [-0.2, -0.15) is 5.26 Å². The second-order valence-electron chi connectivity index (χ2n) is 3.06. The largest absolute Gasteiger partial charge is 0.249 e. The summed E-state index contributed by atoms with van der Waals surface area (Å²) in [6.45, 7) is 0. The van der Waals surface area contributed by atoms with Gasteiger partial charge in [0.1, 0.15) is 17.2 Å². The number of nitrogens with zero attached hydrogens (tertiary/aromatic N) is 2. The fourth-order valence-corrected chi connectivity index (χ4v) is 1.37. The Bertz CT molecular complexity index is 558. The number of pyridine rings is 1. The molecule has 0 N–H and O–H groups in total. The van der Waals surface area contributed by atoms with E-state index in [-0.39, 0.29) is 17.3 Å². The molecule has 0 saturated carbocycles. The maximum absolute atomic E-state index is 13.3. The first-order valence-corrected chi connectivity index (χ1v) is 4.33. The lowest BCUT2D eigenvalue weighted by molar-refractivity contribution is 0.615. The lowest BCUT2D eigenvalue weighted by Gasteiger charge is -2.01. The minimum Gasteiger partial charge on any atom is -0.249 e. The molecule has 2 rings (SSSR count). The maximum atomic E-state index is 13.3. The molecule has 0 aliphatic heterocycles. The Morgan fingerprint density at radius 2 is 1.87 bits per heavy atom. The first-order chi connectivity index (χ1) is 7.22. The van der Waals surface area contributed by atoms with E-state index in [0.717, 1.165) is 12.1 Å². The number of benzene rings is 1. The van der Waals surface area contributed by atoms with Crippen molar-refractivity contribution in [3.8, 4) is 6.07 Å². The molecule has 0 spiro atoms. The monoisotopic (exact) mass is 204 g/mol. The van der Waals surface area contributed by atoms with Crippen LogP contribution in [0.3, 0.4) is 0 Å². The zero-order chi connectivity index (χ0) is 10.8. The highest BCUT2D eigenvalue weighted by atomic mass is 19.1. The third-order valence-electron chi connectivity index (χ3n) is 2.07. The molecule has 0 bridgehead atoms. The first-order valence-electron chi connectivity index (χ1n) is 4.33. The van der Waals surface area contributed by atoms with Gasteiger partial charge in [0.15, 0.2) is 0 Å². The minimum absolute atomic E-state index is 0.0252. The molecule has 2 aromatic rings. The van der Waals surface area contributed by atoms with Crippen LogP contribution in [0.2, 0.25) is 0 Å². The van der Waals surface area contributed by atoms with Crippen molar-refractivity contribution in [3.05, 3.63) is 41.6 Å². The Labute approximate surface area is 84.8 Å². The number of fused-ring (bicyclic) bond motifs is 1. The summed E-state index contributed by atoms with van der Waals surface area (Å²) in [7, 11) is 0. The molecule has 0 atom stereocenters. The Morgan fingerprint density at radius 3 is 2.60 bits per heavy atom. The normalized spacial score (nSPS) is 10.2. The number of aromatic nitrogens is 1. The van der Waals surface area contributed by atoms with Crippen molar-refractivity contribution < 1.29 is 8.78 Å². The second kappa shape index (κ2) is 3.62. The molecule has 0 aliphatic rings. The summed E-state index contributed by atoms with van der Waals surface area (Å²) in [5.74, 6) is -1.09. The van der Waals surface area contributed by atoms with Crippen LogP contribution in [0, 0.1) is 23.0 Å². The molecule has 2 nitrogen and oxygen atoms in total. The van der Waals surface area contributed by atoms with E-state index in [4.69, 9.17) is 5.26 Å². The first kappa shape index (κ1) is 9.53. The summed E-state index contributed by atoms with van der Waals surface area (Å²) in [6.07, 6.45) is 0.0892. The van der Waals surface area contributed by atoms with Gasteiger partial charge in [-0.1, -0.05) is 0 Å². The fraction of sp³-hybridized carbons (Fsp3) is 0.0909. The summed E-state index contributed by atoms with van der Waals surface area (Å²) in [5, 5.41) is 8.59. The van der Waals surface area contributed by atoms with E-state index < -0.39 is 11.6 Å². The van der Waals surface area contributed by atoms with Gasteiger partial charge in [-0.25, -0.2) is 13.8 Å². The summed E-state index contributed by atoms with van der Waals surface area (Å²) in [5.41, 5.74) is 0.414. The molecule has 15 heavy (non-hydrogen) atoms. The number of nitriles is 1. The van der Waals surface area contributed by atoms with Gasteiger partial charge in [-0.05, 0) is 24.3 Å². The van der Waals surface area contributed by atoms with E-state index >= 15 is 0 Å².